The number of hydrogen-bond donors (Lipinski definition) is 1. The van der Waals surface area contributed by atoms with Crippen LogP contribution in [0.5, 0.6) is 0 Å². The maximum absolute atomic E-state index is 4.46. The first kappa shape index (κ1) is 14.2. The van der Waals surface area contributed by atoms with Crippen LogP contribution in [-0.2, 0) is 0 Å². The van der Waals surface area contributed by atoms with Crippen LogP contribution in [0, 0.1) is 5.41 Å². The summed E-state index contributed by atoms with van der Waals surface area (Å²) in [6, 6.07) is 4.82. The summed E-state index contributed by atoms with van der Waals surface area (Å²) in [7, 11) is 4.03. The molecule has 1 fully saturated rings. The zero-order chi connectivity index (χ0) is 13.9. The smallest absolute Gasteiger partial charge is 0.128 e. The highest BCUT2D eigenvalue weighted by Crippen LogP contribution is 2.34. The van der Waals surface area contributed by atoms with E-state index in [0.717, 1.165) is 11.5 Å². The Kier molecular flexibility index (Phi) is 4.33. The number of hydrogen-bond acceptors (Lipinski definition) is 3. The van der Waals surface area contributed by atoms with Crippen LogP contribution in [0.25, 0.3) is 0 Å². The zero-order valence-electron chi connectivity index (χ0n) is 12.7. The van der Waals surface area contributed by atoms with Gasteiger partial charge in [0, 0.05) is 20.1 Å². The molecule has 0 amide bonds. The van der Waals surface area contributed by atoms with Gasteiger partial charge in [-0.3, -0.25) is 0 Å². The van der Waals surface area contributed by atoms with E-state index in [2.05, 4.69) is 36.3 Å². The molecule has 0 bridgehead atoms. The normalized spacial score (nSPS) is 22.6. The predicted octanol–water partition coefficient (Wildman–Crippen LogP) is 3.92. The lowest BCUT2D eigenvalue weighted by Gasteiger charge is -2.22. The molecule has 1 aromatic rings. The molecular weight excluding hydrogens is 234 g/mol. The van der Waals surface area contributed by atoms with Gasteiger partial charge in [0.15, 0.2) is 0 Å². The van der Waals surface area contributed by atoms with Crippen molar-refractivity contribution < 1.29 is 0 Å². The molecule has 106 valence electrons. The van der Waals surface area contributed by atoms with Crippen molar-refractivity contribution in [3.05, 3.63) is 18.3 Å². The Hall–Kier alpha value is -1.25. The molecule has 1 saturated carbocycles. The Balaban J connectivity index is 1.93. The third-order valence-electron chi connectivity index (χ3n) is 4.15. The van der Waals surface area contributed by atoms with Gasteiger partial charge in [-0.05, 0) is 43.2 Å². The van der Waals surface area contributed by atoms with E-state index in [9.17, 15) is 0 Å². The molecule has 0 aliphatic heterocycles. The highest BCUT2D eigenvalue weighted by atomic mass is 15.1. The second-order valence-electron chi connectivity index (χ2n) is 6.74. The fourth-order valence-corrected chi connectivity index (χ4v) is 2.78. The number of nitrogens with one attached hydrogen (secondary N) is 1. The van der Waals surface area contributed by atoms with E-state index in [0.29, 0.717) is 11.5 Å². The van der Waals surface area contributed by atoms with Crippen molar-refractivity contribution in [2.75, 3.05) is 24.3 Å². The Morgan fingerprint density at radius 3 is 2.63 bits per heavy atom. The number of aromatic nitrogens is 1. The minimum absolute atomic E-state index is 0.517. The predicted molar refractivity (Wildman–Crippen MR) is 82.8 cm³/mol. The molecule has 3 nitrogen and oxygen atoms in total. The molecule has 2 rings (SSSR count). The first-order chi connectivity index (χ1) is 8.96. The summed E-state index contributed by atoms with van der Waals surface area (Å²) >= 11 is 0. The van der Waals surface area contributed by atoms with Crippen LogP contribution in [0.4, 0.5) is 11.5 Å². The molecule has 0 saturated heterocycles. The fourth-order valence-electron chi connectivity index (χ4n) is 2.78. The molecule has 19 heavy (non-hydrogen) atoms. The number of anilines is 2. The minimum Gasteiger partial charge on any atom is -0.381 e. The second-order valence-corrected chi connectivity index (χ2v) is 6.74. The van der Waals surface area contributed by atoms with Gasteiger partial charge >= 0.3 is 0 Å². The van der Waals surface area contributed by atoms with Gasteiger partial charge in [-0.2, -0.15) is 0 Å². The summed E-state index contributed by atoms with van der Waals surface area (Å²) in [5, 5.41) is 3.64. The molecule has 1 aliphatic carbocycles. The van der Waals surface area contributed by atoms with Crippen molar-refractivity contribution in [3.8, 4) is 0 Å². The minimum atomic E-state index is 0.517. The van der Waals surface area contributed by atoms with Crippen molar-refractivity contribution in [1.82, 2.24) is 4.98 Å². The standard InChI is InChI=1S/C16H27N3/c1-16(2)10-5-6-13(9-11-16)18-14-7-8-15(17-12-14)19(3)4/h7-8,12-13,18H,5-6,9-11H2,1-4H3. The zero-order valence-corrected chi connectivity index (χ0v) is 12.7. The molecule has 1 N–H and O–H groups in total. The first-order valence-corrected chi connectivity index (χ1v) is 7.36. The van der Waals surface area contributed by atoms with Crippen LogP contribution in [0.2, 0.25) is 0 Å². The van der Waals surface area contributed by atoms with Crippen LogP contribution >= 0.6 is 0 Å². The summed E-state index contributed by atoms with van der Waals surface area (Å²) in [6.07, 6.45) is 8.48. The van der Waals surface area contributed by atoms with E-state index in [1.807, 2.05) is 25.2 Å². The first-order valence-electron chi connectivity index (χ1n) is 7.36. The highest BCUT2D eigenvalue weighted by Gasteiger charge is 2.24. The molecule has 0 spiro atoms. The van der Waals surface area contributed by atoms with Crippen LogP contribution in [0.1, 0.15) is 46.0 Å². The Morgan fingerprint density at radius 2 is 2.00 bits per heavy atom. The summed E-state index contributed by atoms with van der Waals surface area (Å²) in [5.41, 5.74) is 1.67. The summed E-state index contributed by atoms with van der Waals surface area (Å²) in [5.74, 6) is 1.01. The van der Waals surface area contributed by atoms with Crippen molar-refractivity contribution in [2.45, 2.75) is 52.0 Å². The van der Waals surface area contributed by atoms with E-state index < -0.39 is 0 Å². The molecule has 1 unspecified atom stereocenters. The number of nitrogens with zero attached hydrogens (tertiary/aromatic N) is 2. The van der Waals surface area contributed by atoms with E-state index >= 15 is 0 Å². The molecule has 1 atom stereocenters. The summed E-state index contributed by atoms with van der Waals surface area (Å²) < 4.78 is 0. The summed E-state index contributed by atoms with van der Waals surface area (Å²) in [6.45, 7) is 4.78. The maximum atomic E-state index is 4.46. The van der Waals surface area contributed by atoms with Gasteiger partial charge in [-0.25, -0.2) is 4.98 Å². The lowest BCUT2D eigenvalue weighted by atomic mass is 9.85. The summed E-state index contributed by atoms with van der Waals surface area (Å²) in [4.78, 5) is 6.48. The van der Waals surface area contributed by atoms with Crippen molar-refractivity contribution in [3.63, 3.8) is 0 Å². The van der Waals surface area contributed by atoms with Gasteiger partial charge in [0.05, 0.1) is 11.9 Å². The van der Waals surface area contributed by atoms with Crippen molar-refractivity contribution in [2.24, 2.45) is 5.41 Å². The van der Waals surface area contributed by atoms with E-state index in [-0.39, 0.29) is 0 Å². The molecule has 1 aromatic heterocycles. The fraction of sp³-hybridized carbons (Fsp3) is 0.688. The van der Waals surface area contributed by atoms with Gasteiger partial charge in [0.1, 0.15) is 5.82 Å². The lowest BCUT2D eigenvalue weighted by molar-refractivity contribution is 0.313. The molecular formula is C16H27N3. The molecule has 1 heterocycles. The van der Waals surface area contributed by atoms with Crippen LogP contribution < -0.4 is 10.2 Å². The van der Waals surface area contributed by atoms with E-state index in [4.69, 9.17) is 0 Å². The molecule has 0 radical (unpaired) electrons. The van der Waals surface area contributed by atoms with E-state index in [1.165, 1.54) is 32.1 Å². The maximum Gasteiger partial charge on any atom is 0.128 e. The van der Waals surface area contributed by atoms with Gasteiger partial charge in [0.25, 0.3) is 0 Å². The molecule has 3 heteroatoms. The van der Waals surface area contributed by atoms with Gasteiger partial charge < -0.3 is 10.2 Å². The third kappa shape index (κ3) is 4.12. The van der Waals surface area contributed by atoms with E-state index in [1.54, 1.807) is 0 Å². The average molecular weight is 261 g/mol. The average Bonchev–Trinajstić information content (AvgIpc) is 2.52. The van der Waals surface area contributed by atoms with Crippen molar-refractivity contribution >= 4 is 11.5 Å². The molecule has 1 aliphatic rings. The largest absolute Gasteiger partial charge is 0.381 e. The monoisotopic (exact) mass is 261 g/mol. The van der Waals surface area contributed by atoms with Crippen molar-refractivity contribution in [1.29, 1.82) is 0 Å². The SMILES string of the molecule is CN(C)c1ccc(NC2CCCC(C)(C)CC2)cn1. The van der Waals surface area contributed by atoms with Crippen LogP contribution in [0.3, 0.4) is 0 Å². The molecule has 0 aromatic carbocycles. The number of rotatable bonds is 3. The topological polar surface area (TPSA) is 28.2 Å². The number of pyridine rings is 1. The van der Waals surface area contributed by atoms with Crippen LogP contribution in [-0.4, -0.2) is 25.1 Å². The second kappa shape index (κ2) is 5.81. The van der Waals surface area contributed by atoms with Crippen LogP contribution in [0.15, 0.2) is 18.3 Å². The lowest BCUT2D eigenvalue weighted by Crippen LogP contribution is -2.19. The highest BCUT2D eigenvalue weighted by molar-refractivity contribution is 5.48. The van der Waals surface area contributed by atoms with Gasteiger partial charge in [0.2, 0.25) is 0 Å². The van der Waals surface area contributed by atoms with Gasteiger partial charge in [-0.1, -0.05) is 20.3 Å². The van der Waals surface area contributed by atoms with Gasteiger partial charge in [-0.15, -0.1) is 0 Å². The Morgan fingerprint density at radius 1 is 1.21 bits per heavy atom. The quantitative estimate of drug-likeness (QED) is 0.836. The Labute approximate surface area is 117 Å². The third-order valence-corrected chi connectivity index (χ3v) is 4.15. The Bertz CT molecular complexity index is 395.